The van der Waals surface area contributed by atoms with Gasteiger partial charge < -0.3 is 15.3 Å². The summed E-state index contributed by atoms with van der Waals surface area (Å²) in [4.78, 5) is 0. The van der Waals surface area contributed by atoms with Gasteiger partial charge in [-0.15, -0.1) is 18.3 Å². The fourth-order valence-corrected chi connectivity index (χ4v) is 1.36. The zero-order valence-corrected chi connectivity index (χ0v) is 16.1. The zero-order chi connectivity index (χ0) is 17.0. The van der Waals surface area contributed by atoms with Crippen molar-refractivity contribution in [3.63, 3.8) is 0 Å². The van der Waals surface area contributed by atoms with Crippen molar-refractivity contribution in [1.82, 2.24) is 0 Å². The number of rotatable bonds is 5. The van der Waals surface area contributed by atoms with E-state index in [0.29, 0.717) is 0 Å². The van der Waals surface area contributed by atoms with Crippen LogP contribution in [0.2, 0.25) is 4.73 Å². The van der Waals surface area contributed by atoms with Crippen LogP contribution in [0.1, 0.15) is 74.1 Å². The van der Waals surface area contributed by atoms with Crippen molar-refractivity contribution in [3.8, 4) is 0 Å². The molecule has 0 unspecified atom stereocenters. The number of nitrogens with two attached hydrogens (primary N) is 1. The molecule has 0 radical (unpaired) electrons. The average Bonchev–Trinajstić information content (AvgIpc) is 2.22. The molecule has 4 nitrogen and oxygen atoms in total. The summed E-state index contributed by atoms with van der Waals surface area (Å²) >= 11 is -0.0161. The fourth-order valence-electron chi connectivity index (χ4n) is 0.654. The quantitative estimate of drug-likeness (QED) is 0.607. The van der Waals surface area contributed by atoms with Crippen molar-refractivity contribution < 1.29 is 34.7 Å². The van der Waals surface area contributed by atoms with Crippen LogP contribution in [0, 0.1) is 0 Å². The Kier molecular flexibility index (Phi) is 39.9. The van der Waals surface area contributed by atoms with Crippen LogP contribution >= 0.6 is 0 Å². The first-order chi connectivity index (χ1) is 9.11. The molecule has 2 N–H and O–H groups in total. The predicted octanol–water partition coefficient (Wildman–Crippen LogP) is 1.21. The first-order valence-corrected chi connectivity index (χ1v) is 9.53. The van der Waals surface area contributed by atoms with Crippen molar-refractivity contribution in [2.45, 2.75) is 97.2 Å². The summed E-state index contributed by atoms with van der Waals surface area (Å²) in [5.41, 5.74) is 0. The molecule has 0 aliphatic carbocycles. The first kappa shape index (κ1) is 28.7. The minimum atomic E-state index is -0.417. The molecule has 20 heavy (non-hydrogen) atoms. The Morgan fingerprint density at radius 3 is 1.25 bits per heavy atom. The van der Waals surface area contributed by atoms with Crippen molar-refractivity contribution in [2.24, 2.45) is 4.22 Å². The molecule has 0 aliphatic heterocycles. The Labute approximate surface area is 136 Å². The van der Waals surface area contributed by atoms with Crippen LogP contribution in [-0.4, -0.2) is 18.3 Å². The van der Waals surface area contributed by atoms with E-state index >= 15 is 0 Å². The minimum absolute atomic E-state index is 0.0161. The van der Waals surface area contributed by atoms with E-state index in [2.05, 4.69) is 6.92 Å². The first-order valence-electron chi connectivity index (χ1n) is 7.52. The molecule has 0 bridgehead atoms. The van der Waals surface area contributed by atoms with Gasteiger partial charge in [0.05, 0.1) is 0 Å². The van der Waals surface area contributed by atoms with E-state index in [1.807, 2.05) is 0 Å². The second-order valence-corrected chi connectivity index (χ2v) is 6.58. The monoisotopic (exact) mass is 326 g/mol. The molecule has 123 valence electrons. The molecule has 0 aromatic carbocycles. The zero-order valence-electron chi connectivity index (χ0n) is 14.6. The molecule has 0 aromatic rings. The van der Waals surface area contributed by atoms with Gasteiger partial charge in [0.15, 0.2) is 0 Å². The summed E-state index contributed by atoms with van der Waals surface area (Å²) < 4.78 is 6.77. The van der Waals surface area contributed by atoms with E-state index in [0.717, 1.165) is 0 Å². The van der Waals surface area contributed by atoms with Crippen molar-refractivity contribution in [1.29, 1.82) is 0 Å². The molecule has 5 heteroatoms. The molecule has 0 heterocycles. The summed E-state index contributed by atoms with van der Waals surface area (Å²) in [6.45, 7) is 11.9. The third-order valence-electron chi connectivity index (χ3n) is 1.17. The second-order valence-electron chi connectivity index (χ2n) is 5.16. The molecule has 0 fully saturated rings. The van der Waals surface area contributed by atoms with Crippen LogP contribution in [0.4, 0.5) is 0 Å². The standard InChI is InChI=1S/C6H13.3C3H7O.H2N.Ti/c1-3-5-6-4-2;3*1-3(2)4;;/h1,3-6H2,2H3;3*3H,1-2H3;1H2;/q;4*-1;+4. The van der Waals surface area contributed by atoms with Gasteiger partial charge in [0.1, 0.15) is 0 Å². The Morgan fingerprint density at radius 1 is 0.750 bits per heavy atom. The van der Waals surface area contributed by atoms with Gasteiger partial charge in [0, 0.05) is 0 Å². The van der Waals surface area contributed by atoms with Crippen molar-refractivity contribution in [2.75, 3.05) is 0 Å². The Bertz CT molecular complexity index is 106. The van der Waals surface area contributed by atoms with Crippen molar-refractivity contribution in [3.05, 3.63) is 0 Å². The van der Waals surface area contributed by atoms with Gasteiger partial charge in [-0.2, -0.15) is 0 Å². The Balaban J connectivity index is -0.0000000917. The summed E-state index contributed by atoms with van der Waals surface area (Å²) in [6, 6.07) is 0. The molecule has 0 aromatic heterocycles. The van der Waals surface area contributed by atoms with Crippen LogP contribution in [0.25, 0.3) is 0 Å². The second kappa shape index (κ2) is 27.8. The van der Waals surface area contributed by atoms with E-state index in [4.69, 9.17) is 4.22 Å². The molecular weight excluding hydrogens is 290 g/mol. The van der Waals surface area contributed by atoms with E-state index in [9.17, 15) is 15.3 Å². The molecule has 0 aliphatic rings. The van der Waals surface area contributed by atoms with Gasteiger partial charge in [0.25, 0.3) is 0 Å². The van der Waals surface area contributed by atoms with Gasteiger partial charge in [-0.25, -0.2) is 0 Å². The van der Waals surface area contributed by atoms with Gasteiger partial charge in [-0.1, -0.05) is 41.5 Å². The van der Waals surface area contributed by atoms with Crippen LogP contribution < -0.4 is 19.5 Å². The summed E-state index contributed by atoms with van der Waals surface area (Å²) in [5, 5.41) is 28.6. The number of hydrogen-bond donors (Lipinski definition) is 1. The van der Waals surface area contributed by atoms with Gasteiger partial charge >= 0.3 is 61.0 Å². The predicted molar refractivity (Wildman–Crippen MR) is 78.5 cm³/mol. The molecule has 0 spiro atoms. The third-order valence-corrected chi connectivity index (χ3v) is 2.18. The van der Waals surface area contributed by atoms with Gasteiger partial charge in [0.2, 0.25) is 0 Å². The van der Waals surface area contributed by atoms with Crippen LogP contribution in [-0.2, 0) is 19.4 Å². The van der Waals surface area contributed by atoms with E-state index < -0.39 is 18.3 Å². The van der Waals surface area contributed by atoms with E-state index in [-0.39, 0.29) is 19.4 Å². The molecular formula is C15H36NO3Ti. The maximum absolute atomic E-state index is 9.53. The fraction of sp³-hybridized carbons (Fsp3) is 1.00. The summed E-state index contributed by atoms with van der Waals surface area (Å²) in [7, 11) is 0. The van der Waals surface area contributed by atoms with Crippen molar-refractivity contribution >= 4 is 0 Å². The SMILES string of the molecule is CC(C)[O-].CC(C)[O-].CC(C)[O-].CCCCC[CH2][Ti+3][NH2]. The molecule has 0 rings (SSSR count). The van der Waals surface area contributed by atoms with E-state index in [1.54, 1.807) is 41.5 Å². The Morgan fingerprint density at radius 2 is 1.05 bits per heavy atom. The molecule has 0 atom stereocenters. The van der Waals surface area contributed by atoms with Crippen LogP contribution in [0.15, 0.2) is 0 Å². The molecule has 0 amide bonds. The average molecular weight is 326 g/mol. The van der Waals surface area contributed by atoms with E-state index in [1.165, 1.54) is 30.4 Å². The normalized spacial score (nSPS) is 8.90. The van der Waals surface area contributed by atoms with Gasteiger partial charge in [-0.05, 0) is 0 Å². The van der Waals surface area contributed by atoms with Crippen LogP contribution in [0.3, 0.4) is 0 Å². The molecule has 0 saturated carbocycles. The number of hydrogen-bond acceptors (Lipinski definition) is 4. The molecule has 0 saturated heterocycles. The summed E-state index contributed by atoms with van der Waals surface area (Å²) in [6.07, 6.45) is 4.26. The van der Waals surface area contributed by atoms with Gasteiger partial charge in [-0.3, -0.25) is 0 Å². The number of unbranched alkanes of at least 4 members (excludes halogenated alkanes) is 3. The Hall–Kier alpha value is 0.554. The topological polar surface area (TPSA) is 95.2 Å². The third kappa shape index (κ3) is 185. The van der Waals surface area contributed by atoms with Crippen LogP contribution in [0.5, 0.6) is 0 Å². The summed E-state index contributed by atoms with van der Waals surface area (Å²) in [5.74, 6) is 0. The maximum atomic E-state index is 9.53.